The van der Waals surface area contributed by atoms with Crippen LogP contribution in [0.5, 0.6) is 17.2 Å². The van der Waals surface area contributed by atoms with Crippen LogP contribution >= 0.6 is 13.5 Å². The zero-order valence-electron chi connectivity index (χ0n) is 22.1. The first-order chi connectivity index (χ1) is 19.0. The molecule has 0 saturated carbocycles. The summed E-state index contributed by atoms with van der Waals surface area (Å²) in [5.41, 5.74) is -1.22. The van der Waals surface area contributed by atoms with Crippen molar-refractivity contribution in [3.63, 3.8) is 0 Å². The monoisotopic (exact) mass is 616 g/mol. The summed E-state index contributed by atoms with van der Waals surface area (Å²) >= 11 is 0. The van der Waals surface area contributed by atoms with Crippen LogP contribution in [0.2, 0.25) is 0 Å². The van der Waals surface area contributed by atoms with Crippen LogP contribution in [0.4, 0.5) is 13.2 Å². The smallest absolute Gasteiger partial charge is 0.498 e. The van der Waals surface area contributed by atoms with Gasteiger partial charge in [0.1, 0.15) is 43.7 Å². The van der Waals surface area contributed by atoms with Crippen molar-refractivity contribution in [3.05, 3.63) is 92.4 Å². The van der Waals surface area contributed by atoms with E-state index >= 15 is 0 Å². The van der Waals surface area contributed by atoms with Gasteiger partial charge in [-0.3, -0.25) is 4.55 Å². The van der Waals surface area contributed by atoms with Crippen LogP contribution in [0.3, 0.4) is 0 Å². The van der Waals surface area contributed by atoms with E-state index in [0.717, 1.165) is 39.5 Å². The van der Waals surface area contributed by atoms with Crippen molar-refractivity contribution in [2.24, 2.45) is 0 Å². The number of alkyl halides is 3. The molecule has 0 aliphatic carbocycles. The fourth-order valence-electron chi connectivity index (χ4n) is 3.18. The standard InChI is InChI=1S/C27H28O5.CHF3O3S.H2S/c1-4-29-16-18-31-23-10-6-21(7-11-23)26-15-14-25(28-3)20-27(26)22-8-12-24(13-9-22)32-19-17-30-5-2;2-1(3,4)8(5,6)7;/h4-15,20H,1-2,16-19H2,3H3;(H,5,6,7);1H2. The lowest BCUT2D eigenvalue weighted by atomic mass is 9.94. The van der Waals surface area contributed by atoms with Crippen molar-refractivity contribution in [1.82, 2.24) is 0 Å². The molecule has 8 nitrogen and oxygen atoms in total. The second-order valence-electron chi connectivity index (χ2n) is 7.65. The summed E-state index contributed by atoms with van der Waals surface area (Å²) < 4.78 is 84.6. The molecule has 0 aliphatic heterocycles. The van der Waals surface area contributed by atoms with E-state index in [9.17, 15) is 13.2 Å². The van der Waals surface area contributed by atoms with E-state index in [2.05, 4.69) is 19.2 Å². The lowest BCUT2D eigenvalue weighted by molar-refractivity contribution is -0.0510. The molecule has 0 heterocycles. The van der Waals surface area contributed by atoms with Gasteiger partial charge in [-0.05, 0) is 58.7 Å². The maximum absolute atomic E-state index is 10.7. The molecule has 3 aromatic rings. The number of rotatable bonds is 13. The normalized spacial score (nSPS) is 10.7. The van der Waals surface area contributed by atoms with Crippen molar-refractivity contribution in [3.8, 4) is 39.5 Å². The molecule has 0 spiro atoms. The summed E-state index contributed by atoms with van der Waals surface area (Å²) in [7, 11) is -4.17. The molecule has 3 aromatic carbocycles. The minimum Gasteiger partial charge on any atom is -0.498 e. The third-order valence-electron chi connectivity index (χ3n) is 5.03. The van der Waals surface area contributed by atoms with Gasteiger partial charge < -0.3 is 23.7 Å². The minimum absolute atomic E-state index is 0. The summed E-state index contributed by atoms with van der Waals surface area (Å²) in [6, 6.07) is 22.1. The van der Waals surface area contributed by atoms with E-state index in [4.69, 9.17) is 36.7 Å². The van der Waals surface area contributed by atoms with Crippen molar-refractivity contribution in [1.29, 1.82) is 0 Å². The predicted octanol–water partition coefficient (Wildman–Crippen LogP) is 6.61. The Morgan fingerprint density at radius 3 is 1.49 bits per heavy atom. The van der Waals surface area contributed by atoms with Crippen molar-refractivity contribution < 1.29 is 49.8 Å². The molecule has 0 bridgehead atoms. The number of ether oxygens (including phenoxy) is 5. The van der Waals surface area contributed by atoms with Gasteiger partial charge in [0.25, 0.3) is 0 Å². The Morgan fingerprint density at radius 2 is 1.12 bits per heavy atom. The third kappa shape index (κ3) is 11.7. The second kappa shape index (κ2) is 17.1. The highest BCUT2D eigenvalue weighted by Crippen LogP contribution is 2.36. The van der Waals surface area contributed by atoms with Crippen molar-refractivity contribution in [2.75, 3.05) is 33.5 Å². The van der Waals surface area contributed by atoms with Gasteiger partial charge in [-0.1, -0.05) is 43.5 Å². The molecule has 0 radical (unpaired) electrons. The molecular formula is C28H31F3O8S2. The Labute approximate surface area is 244 Å². The van der Waals surface area contributed by atoms with Gasteiger partial charge in [0.2, 0.25) is 0 Å². The van der Waals surface area contributed by atoms with Gasteiger partial charge in [0.05, 0.1) is 19.6 Å². The first-order valence-electron chi connectivity index (χ1n) is 11.6. The quantitative estimate of drug-likeness (QED) is 0.0991. The van der Waals surface area contributed by atoms with E-state index in [1.54, 1.807) is 7.11 Å². The van der Waals surface area contributed by atoms with Gasteiger partial charge in [-0.15, -0.1) is 0 Å². The first kappa shape index (κ1) is 35.2. The number of benzene rings is 3. The first-order valence-corrected chi connectivity index (χ1v) is 13.1. The number of methoxy groups -OCH3 is 1. The van der Waals surface area contributed by atoms with Crippen molar-refractivity contribution in [2.45, 2.75) is 5.51 Å². The van der Waals surface area contributed by atoms with Gasteiger partial charge in [0.15, 0.2) is 0 Å². The summed E-state index contributed by atoms with van der Waals surface area (Å²) in [6.07, 6.45) is 2.82. The maximum atomic E-state index is 10.7. The molecule has 0 aromatic heterocycles. The molecule has 13 heteroatoms. The molecule has 41 heavy (non-hydrogen) atoms. The predicted molar refractivity (Wildman–Crippen MR) is 155 cm³/mol. The molecular weight excluding hydrogens is 585 g/mol. The molecule has 0 aliphatic rings. The lowest BCUT2D eigenvalue weighted by Crippen LogP contribution is -2.21. The zero-order chi connectivity index (χ0) is 29.6. The average Bonchev–Trinajstić information content (AvgIpc) is 2.93. The van der Waals surface area contributed by atoms with Crippen LogP contribution in [0.1, 0.15) is 0 Å². The van der Waals surface area contributed by atoms with Crippen LogP contribution in [-0.2, 0) is 19.6 Å². The molecule has 1 N–H and O–H groups in total. The third-order valence-corrected chi connectivity index (χ3v) is 5.61. The highest BCUT2D eigenvalue weighted by molar-refractivity contribution is 7.86. The molecule has 0 atom stereocenters. The Bertz CT molecular complexity index is 1330. The summed E-state index contributed by atoms with van der Waals surface area (Å²) in [4.78, 5) is 0. The van der Waals surface area contributed by atoms with Gasteiger partial charge in [0, 0.05) is 0 Å². The number of halogens is 3. The fraction of sp³-hybridized carbons (Fsp3) is 0.214. The summed E-state index contributed by atoms with van der Waals surface area (Å²) in [5, 5.41) is 0. The Balaban J connectivity index is 0.000000818. The molecule has 0 amide bonds. The topological polar surface area (TPSA) is 101 Å². The van der Waals surface area contributed by atoms with E-state index in [0.29, 0.717) is 26.4 Å². The largest absolute Gasteiger partial charge is 0.522 e. The summed E-state index contributed by atoms with van der Waals surface area (Å²) in [6.45, 7) is 8.90. The van der Waals surface area contributed by atoms with Crippen LogP contribution in [-0.4, -0.2) is 52.0 Å². The lowest BCUT2D eigenvalue weighted by Gasteiger charge is -2.14. The van der Waals surface area contributed by atoms with Gasteiger partial charge in [-0.2, -0.15) is 35.1 Å². The van der Waals surface area contributed by atoms with E-state index in [1.165, 1.54) is 12.5 Å². The number of hydrogen-bond donors (Lipinski definition) is 1. The van der Waals surface area contributed by atoms with Gasteiger partial charge >= 0.3 is 15.6 Å². The van der Waals surface area contributed by atoms with E-state index < -0.39 is 15.6 Å². The van der Waals surface area contributed by atoms with E-state index in [-0.39, 0.29) is 13.5 Å². The summed E-state index contributed by atoms with van der Waals surface area (Å²) in [5.74, 6) is 2.37. The molecule has 0 unspecified atom stereocenters. The molecule has 0 saturated heterocycles. The van der Waals surface area contributed by atoms with E-state index in [1.807, 2.05) is 60.7 Å². The zero-order valence-corrected chi connectivity index (χ0v) is 23.9. The molecule has 0 fully saturated rings. The Kier molecular flexibility index (Phi) is 14.7. The second-order valence-corrected chi connectivity index (χ2v) is 9.07. The highest BCUT2D eigenvalue weighted by Gasteiger charge is 2.44. The Morgan fingerprint density at radius 1 is 0.732 bits per heavy atom. The minimum atomic E-state index is -5.84. The fourth-order valence-corrected chi connectivity index (χ4v) is 3.18. The van der Waals surface area contributed by atoms with Gasteiger partial charge in [-0.25, -0.2) is 0 Å². The average molecular weight is 617 g/mol. The Hall–Kier alpha value is -3.81. The maximum Gasteiger partial charge on any atom is 0.522 e. The molecule has 224 valence electrons. The molecule has 3 rings (SSSR count). The van der Waals surface area contributed by atoms with Crippen LogP contribution in [0.25, 0.3) is 22.3 Å². The SMILES string of the molecule is C=COCCOc1ccc(-c2ccc(OC)cc2-c2ccc(OCCOC=C)cc2)cc1.O=S(=O)(O)C(F)(F)F.S. The highest BCUT2D eigenvalue weighted by atomic mass is 32.2. The van der Waals surface area contributed by atoms with Crippen LogP contribution in [0, 0.1) is 0 Å². The van der Waals surface area contributed by atoms with Crippen molar-refractivity contribution >= 4 is 23.6 Å². The van der Waals surface area contributed by atoms with Crippen LogP contribution in [0.15, 0.2) is 92.4 Å². The number of hydrogen-bond acceptors (Lipinski definition) is 7. The van der Waals surface area contributed by atoms with Crippen LogP contribution < -0.4 is 14.2 Å².